The number of nitriles is 1. The number of benzene rings is 2. The maximum Gasteiger partial charge on any atom is 0.163 e. The Morgan fingerprint density at radius 1 is 1.00 bits per heavy atom. The summed E-state index contributed by atoms with van der Waals surface area (Å²) in [4.78, 5) is 0. The van der Waals surface area contributed by atoms with E-state index in [1.165, 1.54) is 6.07 Å². The number of aromatic nitrogens is 2. The molecule has 3 rings (SSSR count). The van der Waals surface area contributed by atoms with Gasteiger partial charge in [0.05, 0.1) is 11.4 Å². The second-order valence-corrected chi connectivity index (χ2v) is 4.90. The van der Waals surface area contributed by atoms with E-state index in [4.69, 9.17) is 5.26 Å². The average molecular weight is 295 g/mol. The molecular formula is C17H11F2N3. The van der Waals surface area contributed by atoms with E-state index in [1.54, 1.807) is 10.7 Å². The van der Waals surface area contributed by atoms with E-state index in [-0.39, 0.29) is 5.69 Å². The van der Waals surface area contributed by atoms with Crippen LogP contribution >= 0.6 is 0 Å². The highest BCUT2D eigenvalue weighted by atomic mass is 19.2. The lowest BCUT2D eigenvalue weighted by Gasteiger charge is -2.08. The summed E-state index contributed by atoms with van der Waals surface area (Å²) in [5.41, 5.74) is 3.02. The first-order valence-electron chi connectivity index (χ1n) is 6.61. The lowest BCUT2D eigenvalue weighted by Crippen LogP contribution is -2.00. The van der Waals surface area contributed by atoms with Gasteiger partial charge in [0.15, 0.2) is 17.3 Å². The third-order valence-electron chi connectivity index (χ3n) is 3.32. The fraction of sp³-hybridized carbons (Fsp3) is 0.0588. The molecular weight excluding hydrogens is 284 g/mol. The zero-order chi connectivity index (χ0) is 15.7. The predicted octanol–water partition coefficient (Wildman–Crippen LogP) is 4.00. The van der Waals surface area contributed by atoms with Crippen LogP contribution in [0.4, 0.5) is 8.78 Å². The molecule has 0 amide bonds. The molecule has 1 heterocycles. The van der Waals surface area contributed by atoms with Gasteiger partial charge in [-0.2, -0.15) is 10.4 Å². The van der Waals surface area contributed by atoms with Crippen LogP contribution < -0.4 is 0 Å². The van der Waals surface area contributed by atoms with Crippen LogP contribution in [0.5, 0.6) is 0 Å². The minimum atomic E-state index is -0.937. The molecule has 0 atom stereocenters. The van der Waals surface area contributed by atoms with Crippen molar-refractivity contribution in [2.45, 2.75) is 6.92 Å². The number of halogens is 2. The molecule has 0 N–H and O–H groups in total. The Morgan fingerprint density at radius 2 is 1.73 bits per heavy atom. The highest BCUT2D eigenvalue weighted by molar-refractivity contribution is 5.63. The van der Waals surface area contributed by atoms with Crippen LogP contribution in [0.3, 0.4) is 0 Å². The lowest BCUT2D eigenvalue weighted by molar-refractivity contribution is 0.509. The molecule has 3 aromatic rings. The minimum absolute atomic E-state index is 0.209. The van der Waals surface area contributed by atoms with Gasteiger partial charge >= 0.3 is 0 Å². The summed E-state index contributed by atoms with van der Waals surface area (Å²) < 4.78 is 28.1. The summed E-state index contributed by atoms with van der Waals surface area (Å²) in [6.45, 7) is 1.96. The normalized spacial score (nSPS) is 10.5. The second-order valence-electron chi connectivity index (χ2n) is 4.90. The molecule has 0 unspecified atom stereocenters. The number of aryl methyl sites for hydroxylation is 1. The Hall–Kier alpha value is -3.00. The van der Waals surface area contributed by atoms with Gasteiger partial charge < -0.3 is 0 Å². The SMILES string of the molecule is Cc1ccc(-n2nc(C#N)cc2-c2ccc(F)c(F)c2)cc1. The highest BCUT2D eigenvalue weighted by Crippen LogP contribution is 2.25. The Balaban J connectivity index is 2.18. The van der Waals surface area contributed by atoms with E-state index in [0.717, 1.165) is 23.4 Å². The Labute approximate surface area is 126 Å². The zero-order valence-corrected chi connectivity index (χ0v) is 11.7. The van der Waals surface area contributed by atoms with Crippen molar-refractivity contribution in [2.24, 2.45) is 0 Å². The fourth-order valence-electron chi connectivity index (χ4n) is 2.18. The number of hydrogen-bond acceptors (Lipinski definition) is 2. The van der Waals surface area contributed by atoms with Crippen molar-refractivity contribution < 1.29 is 8.78 Å². The van der Waals surface area contributed by atoms with Gasteiger partial charge in [-0.25, -0.2) is 13.5 Å². The number of rotatable bonds is 2. The maximum absolute atomic E-state index is 13.5. The first-order valence-corrected chi connectivity index (χ1v) is 6.61. The third kappa shape index (κ3) is 2.47. The van der Waals surface area contributed by atoms with Gasteiger partial charge in [0.2, 0.25) is 0 Å². The van der Waals surface area contributed by atoms with Gasteiger partial charge in [-0.15, -0.1) is 0 Å². The molecule has 0 aliphatic heterocycles. The Kier molecular flexibility index (Phi) is 3.43. The third-order valence-corrected chi connectivity index (χ3v) is 3.32. The van der Waals surface area contributed by atoms with Crippen molar-refractivity contribution in [1.82, 2.24) is 9.78 Å². The maximum atomic E-state index is 13.5. The zero-order valence-electron chi connectivity index (χ0n) is 11.7. The van der Waals surface area contributed by atoms with Crippen LogP contribution in [0.15, 0.2) is 48.5 Å². The first kappa shape index (κ1) is 14.0. The Morgan fingerprint density at radius 3 is 2.36 bits per heavy atom. The molecule has 108 valence electrons. The summed E-state index contributed by atoms with van der Waals surface area (Å²) in [6.07, 6.45) is 0. The first-order chi connectivity index (χ1) is 10.6. The molecule has 0 aliphatic rings. The van der Waals surface area contributed by atoms with Crippen LogP contribution in [0.1, 0.15) is 11.3 Å². The van der Waals surface area contributed by atoms with Gasteiger partial charge in [-0.3, -0.25) is 0 Å². The summed E-state index contributed by atoms with van der Waals surface area (Å²) in [6, 6.07) is 14.7. The van der Waals surface area contributed by atoms with Crippen LogP contribution in [0.2, 0.25) is 0 Å². The van der Waals surface area contributed by atoms with Crippen molar-refractivity contribution in [3.8, 4) is 23.0 Å². The van der Waals surface area contributed by atoms with Gasteiger partial charge in [0.1, 0.15) is 6.07 Å². The molecule has 3 nitrogen and oxygen atoms in total. The van der Waals surface area contributed by atoms with Crippen molar-refractivity contribution in [3.05, 3.63) is 71.4 Å². The molecule has 22 heavy (non-hydrogen) atoms. The van der Waals surface area contributed by atoms with E-state index >= 15 is 0 Å². The van der Waals surface area contributed by atoms with Gasteiger partial charge in [0.25, 0.3) is 0 Å². The average Bonchev–Trinajstić information content (AvgIpc) is 2.95. The van der Waals surface area contributed by atoms with E-state index in [1.807, 2.05) is 37.3 Å². The molecule has 0 radical (unpaired) electrons. The second kappa shape index (κ2) is 5.41. The van der Waals surface area contributed by atoms with Crippen LogP contribution in [-0.2, 0) is 0 Å². The molecule has 5 heteroatoms. The van der Waals surface area contributed by atoms with Gasteiger partial charge in [-0.1, -0.05) is 17.7 Å². The molecule has 2 aromatic carbocycles. The topological polar surface area (TPSA) is 41.6 Å². The predicted molar refractivity (Wildman–Crippen MR) is 78.4 cm³/mol. The number of hydrogen-bond donors (Lipinski definition) is 0. The molecule has 0 spiro atoms. The largest absolute Gasteiger partial charge is 0.232 e. The standard InChI is InChI=1S/C17H11F2N3/c1-11-2-5-14(6-3-11)22-17(9-13(10-20)21-22)12-4-7-15(18)16(19)8-12/h2-9H,1H3. The van der Waals surface area contributed by atoms with Crippen LogP contribution in [0, 0.1) is 29.9 Å². The summed E-state index contributed by atoms with van der Waals surface area (Å²) in [7, 11) is 0. The minimum Gasteiger partial charge on any atom is -0.232 e. The Bertz CT molecular complexity index is 874. The van der Waals surface area contributed by atoms with E-state index in [0.29, 0.717) is 11.3 Å². The van der Waals surface area contributed by atoms with Gasteiger partial charge in [0, 0.05) is 11.6 Å². The van der Waals surface area contributed by atoms with Crippen molar-refractivity contribution in [3.63, 3.8) is 0 Å². The molecule has 0 saturated carbocycles. The van der Waals surface area contributed by atoms with Crippen LogP contribution in [-0.4, -0.2) is 9.78 Å². The highest BCUT2D eigenvalue weighted by Gasteiger charge is 2.13. The van der Waals surface area contributed by atoms with Gasteiger partial charge in [-0.05, 0) is 37.3 Å². The van der Waals surface area contributed by atoms with E-state index < -0.39 is 11.6 Å². The van der Waals surface area contributed by atoms with Crippen LogP contribution in [0.25, 0.3) is 16.9 Å². The smallest absolute Gasteiger partial charge is 0.163 e. The summed E-state index contributed by atoms with van der Waals surface area (Å²) >= 11 is 0. The lowest BCUT2D eigenvalue weighted by atomic mass is 10.1. The molecule has 0 saturated heterocycles. The van der Waals surface area contributed by atoms with Crippen molar-refractivity contribution in [2.75, 3.05) is 0 Å². The van der Waals surface area contributed by atoms with E-state index in [2.05, 4.69) is 5.10 Å². The van der Waals surface area contributed by atoms with Crippen molar-refractivity contribution >= 4 is 0 Å². The fourth-order valence-corrected chi connectivity index (χ4v) is 2.18. The molecule has 0 bridgehead atoms. The quantitative estimate of drug-likeness (QED) is 0.717. The monoisotopic (exact) mass is 295 g/mol. The summed E-state index contributed by atoms with van der Waals surface area (Å²) in [5, 5.41) is 13.2. The molecule has 0 fully saturated rings. The van der Waals surface area contributed by atoms with E-state index in [9.17, 15) is 8.78 Å². The summed E-state index contributed by atoms with van der Waals surface area (Å²) in [5.74, 6) is -1.85. The van der Waals surface area contributed by atoms with Crippen molar-refractivity contribution in [1.29, 1.82) is 5.26 Å². The molecule has 0 aliphatic carbocycles. The molecule has 1 aromatic heterocycles. The number of nitrogens with zero attached hydrogens (tertiary/aromatic N) is 3.